The predicted molar refractivity (Wildman–Crippen MR) is 115 cm³/mol. The Hall–Kier alpha value is -1.91. The lowest BCUT2D eigenvalue weighted by atomic mass is 9.69. The minimum atomic E-state index is -3.45. The molecule has 2 aromatic rings. The maximum Gasteiger partial charge on any atom is 0.228 e. The molecule has 0 radical (unpaired) electrons. The highest BCUT2D eigenvalue weighted by molar-refractivity contribution is 7.88. The molecule has 1 N–H and O–H groups in total. The van der Waals surface area contributed by atoms with E-state index in [1.165, 1.54) is 23.5 Å². The van der Waals surface area contributed by atoms with Crippen LogP contribution >= 0.6 is 11.3 Å². The molecule has 0 bridgehead atoms. The average molecular weight is 470 g/mol. The number of halogens is 2. The van der Waals surface area contributed by atoms with Crippen molar-refractivity contribution in [2.45, 2.75) is 51.1 Å². The van der Waals surface area contributed by atoms with Crippen molar-refractivity contribution in [2.75, 3.05) is 12.8 Å². The summed E-state index contributed by atoms with van der Waals surface area (Å²) in [4.78, 5) is 19.5. The third-order valence-corrected chi connectivity index (χ3v) is 7.90. The molecule has 1 aliphatic heterocycles. The van der Waals surface area contributed by atoms with E-state index in [9.17, 15) is 22.0 Å². The van der Waals surface area contributed by atoms with Crippen molar-refractivity contribution in [1.29, 1.82) is 0 Å². The van der Waals surface area contributed by atoms with Crippen LogP contribution in [0.15, 0.2) is 23.6 Å². The Morgan fingerprint density at radius 2 is 1.97 bits per heavy atom. The van der Waals surface area contributed by atoms with Crippen LogP contribution in [-0.4, -0.2) is 49.1 Å². The van der Waals surface area contributed by atoms with Crippen molar-refractivity contribution >= 4 is 27.3 Å². The van der Waals surface area contributed by atoms with Crippen LogP contribution in [0.5, 0.6) is 0 Å². The molecule has 4 rings (SSSR count). The molecule has 2 unspecified atom stereocenters. The minimum absolute atomic E-state index is 0.0594. The summed E-state index contributed by atoms with van der Waals surface area (Å²) in [7, 11) is -3.45. The van der Waals surface area contributed by atoms with E-state index in [1.54, 1.807) is 10.3 Å². The number of carbonyl (C=O) groups excluding carboxylic acids is 1. The van der Waals surface area contributed by atoms with Crippen LogP contribution in [0.3, 0.4) is 0 Å². The summed E-state index contributed by atoms with van der Waals surface area (Å²) in [6.07, 6.45) is 4.71. The zero-order valence-electron chi connectivity index (χ0n) is 17.4. The standard InChI is InChI=1S/C21H25F2N3O3S2/c1-21(5-3-6-21)20(27)26-7-4-17(25-31(2,28)29)18(26)11-16-12-30-19(24-16)13-8-14(22)10-15(23)9-13/h8-10,12,17-18,25H,3-7,11H2,1-2H3. The molecule has 31 heavy (non-hydrogen) atoms. The number of sulfonamides is 1. The Bertz CT molecular complexity index is 1080. The monoisotopic (exact) mass is 469 g/mol. The first-order valence-electron chi connectivity index (χ1n) is 10.2. The van der Waals surface area contributed by atoms with Crippen LogP contribution in [0.25, 0.3) is 10.6 Å². The summed E-state index contributed by atoms with van der Waals surface area (Å²) in [6.45, 7) is 2.45. The molecule has 1 saturated heterocycles. The van der Waals surface area contributed by atoms with Gasteiger partial charge in [0, 0.05) is 41.4 Å². The SMILES string of the molecule is CC1(C(=O)N2CCC(NS(C)(=O)=O)C2Cc2csc(-c3cc(F)cc(F)c3)n2)CCC1. The number of hydrogen-bond donors (Lipinski definition) is 1. The Morgan fingerprint density at radius 3 is 2.55 bits per heavy atom. The van der Waals surface area contributed by atoms with Gasteiger partial charge in [-0.2, -0.15) is 0 Å². The molecular formula is C21H25F2N3O3S2. The summed E-state index contributed by atoms with van der Waals surface area (Å²) in [5.74, 6) is -1.29. The molecule has 6 nitrogen and oxygen atoms in total. The van der Waals surface area contributed by atoms with Gasteiger partial charge in [0.1, 0.15) is 16.6 Å². The van der Waals surface area contributed by atoms with E-state index in [-0.39, 0.29) is 17.4 Å². The number of carbonyl (C=O) groups is 1. The molecule has 1 aliphatic carbocycles. The number of aromatic nitrogens is 1. The summed E-state index contributed by atoms with van der Waals surface area (Å²) in [6, 6.07) is 2.49. The lowest BCUT2D eigenvalue weighted by Crippen LogP contribution is -2.52. The van der Waals surface area contributed by atoms with Gasteiger partial charge in [-0.1, -0.05) is 13.3 Å². The van der Waals surface area contributed by atoms with Crippen molar-refractivity contribution < 1.29 is 22.0 Å². The van der Waals surface area contributed by atoms with Gasteiger partial charge in [0.05, 0.1) is 18.0 Å². The highest BCUT2D eigenvalue weighted by atomic mass is 32.2. The first-order chi connectivity index (χ1) is 14.5. The van der Waals surface area contributed by atoms with Crippen LogP contribution < -0.4 is 4.72 Å². The van der Waals surface area contributed by atoms with E-state index in [4.69, 9.17) is 0 Å². The zero-order chi connectivity index (χ0) is 22.4. The van der Waals surface area contributed by atoms with Crippen LogP contribution in [0.2, 0.25) is 0 Å². The molecule has 1 amide bonds. The number of thiazole rings is 1. The van der Waals surface area contributed by atoms with Gasteiger partial charge in [-0.05, 0) is 31.4 Å². The molecule has 168 valence electrons. The molecule has 2 fully saturated rings. The van der Waals surface area contributed by atoms with E-state index in [0.717, 1.165) is 31.6 Å². The fraction of sp³-hybridized carbons (Fsp3) is 0.524. The summed E-state index contributed by atoms with van der Waals surface area (Å²) >= 11 is 1.26. The fourth-order valence-corrected chi connectivity index (χ4v) is 6.11. The van der Waals surface area contributed by atoms with E-state index in [0.29, 0.717) is 35.7 Å². The summed E-state index contributed by atoms with van der Waals surface area (Å²) < 4.78 is 53.6. The second kappa shape index (κ2) is 8.22. The van der Waals surface area contributed by atoms with Crippen LogP contribution in [0, 0.1) is 17.0 Å². The highest BCUT2D eigenvalue weighted by Crippen LogP contribution is 2.43. The van der Waals surface area contributed by atoms with Crippen molar-refractivity contribution in [2.24, 2.45) is 5.41 Å². The first kappa shape index (κ1) is 22.3. The zero-order valence-corrected chi connectivity index (χ0v) is 19.0. The van der Waals surface area contributed by atoms with Gasteiger partial charge in [-0.3, -0.25) is 4.79 Å². The number of likely N-dealkylation sites (tertiary alicyclic amines) is 1. The minimum Gasteiger partial charge on any atom is -0.337 e. The number of amides is 1. The van der Waals surface area contributed by atoms with Crippen LogP contribution in [0.4, 0.5) is 8.78 Å². The van der Waals surface area contributed by atoms with E-state index in [2.05, 4.69) is 9.71 Å². The fourth-order valence-electron chi connectivity index (χ4n) is 4.46. The third kappa shape index (κ3) is 4.80. The maximum atomic E-state index is 13.6. The second-order valence-corrected chi connectivity index (χ2v) is 11.4. The Morgan fingerprint density at radius 1 is 1.29 bits per heavy atom. The Kier molecular flexibility index (Phi) is 5.91. The van der Waals surface area contributed by atoms with Crippen LogP contribution in [0.1, 0.15) is 38.3 Å². The molecule has 2 atom stereocenters. The van der Waals surface area contributed by atoms with Gasteiger partial charge >= 0.3 is 0 Å². The Labute approximate surface area is 184 Å². The average Bonchev–Trinajstić information content (AvgIpc) is 3.25. The lowest BCUT2D eigenvalue weighted by Gasteiger charge is -2.41. The van der Waals surface area contributed by atoms with Gasteiger partial charge in [0.25, 0.3) is 0 Å². The van der Waals surface area contributed by atoms with E-state index >= 15 is 0 Å². The molecular weight excluding hydrogens is 444 g/mol. The molecule has 2 aliphatic rings. The quantitative estimate of drug-likeness (QED) is 0.704. The molecule has 2 heterocycles. The van der Waals surface area contributed by atoms with Crippen molar-refractivity contribution in [3.05, 3.63) is 40.9 Å². The largest absolute Gasteiger partial charge is 0.337 e. The highest BCUT2D eigenvalue weighted by Gasteiger charge is 2.47. The first-order valence-corrected chi connectivity index (χ1v) is 13.0. The topological polar surface area (TPSA) is 79.4 Å². The molecule has 1 saturated carbocycles. The summed E-state index contributed by atoms with van der Waals surface area (Å²) in [5.41, 5.74) is 0.624. The molecule has 1 aromatic carbocycles. The van der Waals surface area contributed by atoms with Crippen molar-refractivity contribution in [3.63, 3.8) is 0 Å². The van der Waals surface area contributed by atoms with Gasteiger partial charge in [-0.25, -0.2) is 26.9 Å². The van der Waals surface area contributed by atoms with Gasteiger partial charge in [0.15, 0.2) is 0 Å². The third-order valence-electron chi connectivity index (χ3n) is 6.23. The maximum absolute atomic E-state index is 13.6. The van der Waals surface area contributed by atoms with Crippen LogP contribution in [-0.2, 0) is 21.2 Å². The Balaban J connectivity index is 1.59. The summed E-state index contributed by atoms with van der Waals surface area (Å²) in [5, 5.41) is 2.27. The van der Waals surface area contributed by atoms with E-state index < -0.39 is 27.7 Å². The van der Waals surface area contributed by atoms with Crippen molar-refractivity contribution in [3.8, 4) is 10.6 Å². The van der Waals surface area contributed by atoms with Gasteiger partial charge in [-0.15, -0.1) is 11.3 Å². The molecule has 0 spiro atoms. The van der Waals surface area contributed by atoms with E-state index in [1.807, 2.05) is 6.92 Å². The number of benzene rings is 1. The number of nitrogens with one attached hydrogen (secondary N) is 1. The smallest absolute Gasteiger partial charge is 0.228 e. The van der Waals surface area contributed by atoms with Gasteiger partial charge in [0.2, 0.25) is 15.9 Å². The lowest BCUT2D eigenvalue weighted by molar-refractivity contribution is -0.147. The predicted octanol–water partition coefficient (Wildman–Crippen LogP) is 3.34. The number of rotatable bonds is 6. The second-order valence-electron chi connectivity index (χ2n) is 8.77. The number of hydrogen-bond acceptors (Lipinski definition) is 5. The molecule has 10 heteroatoms. The van der Waals surface area contributed by atoms with Gasteiger partial charge < -0.3 is 4.90 Å². The normalized spacial score (nSPS) is 23.0. The van der Waals surface area contributed by atoms with Crippen molar-refractivity contribution in [1.82, 2.24) is 14.6 Å². The molecule has 1 aromatic heterocycles. The number of nitrogens with zero attached hydrogens (tertiary/aromatic N) is 2.